The van der Waals surface area contributed by atoms with E-state index in [0.29, 0.717) is 9.79 Å². The Bertz CT molecular complexity index is 1020. The highest BCUT2D eigenvalue weighted by molar-refractivity contribution is 7.91. The summed E-state index contributed by atoms with van der Waals surface area (Å²) in [7, 11) is -3.53. The van der Waals surface area contributed by atoms with E-state index in [2.05, 4.69) is 27.0 Å². The molecule has 0 bridgehead atoms. The Morgan fingerprint density at radius 1 is 0.538 bits per heavy atom. The number of benzene rings is 2. The number of aryl methyl sites for hydroxylation is 4. The van der Waals surface area contributed by atoms with Crippen LogP contribution in [0, 0.1) is 13.8 Å². The third-order valence-corrected chi connectivity index (χ3v) is 9.72. The van der Waals surface area contributed by atoms with Crippen LogP contribution >= 0.6 is 0 Å². The molecule has 0 saturated heterocycles. The quantitative estimate of drug-likeness (QED) is 0.108. The van der Waals surface area contributed by atoms with Crippen molar-refractivity contribution in [3.8, 4) is 0 Å². The maximum atomic E-state index is 13.6. The minimum Gasteiger partial charge on any atom is -0.219 e. The molecule has 0 heterocycles. The van der Waals surface area contributed by atoms with E-state index in [9.17, 15) is 8.42 Å². The first-order chi connectivity index (χ1) is 18.9. The Hall–Kier alpha value is -2.13. The molecule has 0 N–H and O–H groups in total. The predicted molar refractivity (Wildman–Crippen MR) is 169 cm³/mol. The molecular formula is C36H54O2S. The summed E-state index contributed by atoms with van der Waals surface area (Å²) in [6, 6.07) is 11.4. The van der Waals surface area contributed by atoms with Gasteiger partial charge in [-0.1, -0.05) is 88.5 Å². The van der Waals surface area contributed by atoms with Crippen LogP contribution in [0.1, 0.15) is 125 Å². The van der Waals surface area contributed by atoms with E-state index in [1.54, 1.807) is 12.1 Å². The van der Waals surface area contributed by atoms with Crippen molar-refractivity contribution in [2.24, 2.45) is 0 Å². The summed E-state index contributed by atoms with van der Waals surface area (Å²) >= 11 is 0. The van der Waals surface area contributed by atoms with Crippen molar-refractivity contribution in [1.82, 2.24) is 0 Å². The molecule has 0 aliphatic rings. The van der Waals surface area contributed by atoms with Gasteiger partial charge in [-0.2, -0.15) is 0 Å². The van der Waals surface area contributed by atoms with Gasteiger partial charge in [-0.15, -0.1) is 13.2 Å². The van der Waals surface area contributed by atoms with Gasteiger partial charge in [0.2, 0.25) is 9.84 Å². The van der Waals surface area contributed by atoms with Crippen molar-refractivity contribution in [2.45, 2.75) is 139 Å². The van der Waals surface area contributed by atoms with E-state index in [4.69, 9.17) is 0 Å². The molecule has 3 heteroatoms. The highest BCUT2D eigenvalue weighted by Gasteiger charge is 2.19. The molecule has 0 aromatic heterocycles. The minimum atomic E-state index is -3.53. The fraction of sp³-hybridized carbons (Fsp3) is 0.556. The van der Waals surface area contributed by atoms with Gasteiger partial charge in [0, 0.05) is 0 Å². The van der Waals surface area contributed by atoms with Crippen molar-refractivity contribution in [1.29, 1.82) is 0 Å². The van der Waals surface area contributed by atoms with E-state index in [1.807, 2.05) is 36.4 Å². The van der Waals surface area contributed by atoms with E-state index >= 15 is 0 Å². The summed E-state index contributed by atoms with van der Waals surface area (Å²) in [6.45, 7) is 11.8. The first kappa shape index (κ1) is 33.1. The fourth-order valence-corrected chi connectivity index (χ4v) is 6.64. The van der Waals surface area contributed by atoms with Crippen LogP contribution < -0.4 is 0 Å². The van der Waals surface area contributed by atoms with Crippen molar-refractivity contribution < 1.29 is 8.42 Å². The van der Waals surface area contributed by atoms with Crippen LogP contribution in [-0.2, 0) is 22.7 Å². The van der Waals surface area contributed by atoms with Crippen LogP contribution in [-0.4, -0.2) is 8.42 Å². The molecule has 0 spiro atoms. The van der Waals surface area contributed by atoms with Crippen LogP contribution in [0.25, 0.3) is 0 Å². The molecule has 2 nitrogen and oxygen atoms in total. The van der Waals surface area contributed by atoms with Crippen molar-refractivity contribution >= 4 is 9.84 Å². The standard InChI is InChI=1S/C36H54O2S/c1-5-7-9-11-13-15-17-19-21-23-33-29-35(27-25-31(33)3)39(37,38)36-28-26-32(4)34(30-36)24-22-20-18-16-14-12-10-8-6-2/h5-6,25-30H,1-2,7-24H2,3-4H3. The van der Waals surface area contributed by atoms with E-state index < -0.39 is 9.84 Å². The molecule has 216 valence electrons. The molecule has 0 saturated carbocycles. The number of unbranched alkanes of at least 4 members (excludes halogenated alkanes) is 14. The molecule has 2 rings (SSSR count). The number of rotatable bonds is 22. The Kier molecular flexibility index (Phi) is 16.1. The Balaban J connectivity index is 1.89. The summed E-state index contributed by atoms with van der Waals surface area (Å²) in [6.07, 6.45) is 25.6. The molecular weight excluding hydrogens is 496 g/mol. The van der Waals surface area contributed by atoms with Crippen LogP contribution in [0.4, 0.5) is 0 Å². The molecule has 0 aliphatic heterocycles. The van der Waals surface area contributed by atoms with Gasteiger partial charge in [-0.3, -0.25) is 0 Å². The van der Waals surface area contributed by atoms with Crippen LogP contribution in [0.5, 0.6) is 0 Å². The summed E-state index contributed by atoms with van der Waals surface area (Å²) in [5.74, 6) is 0. The van der Waals surface area contributed by atoms with Gasteiger partial charge in [0.1, 0.15) is 0 Å². The second-order valence-corrected chi connectivity index (χ2v) is 13.2. The van der Waals surface area contributed by atoms with Crippen LogP contribution in [0.2, 0.25) is 0 Å². The van der Waals surface area contributed by atoms with Gasteiger partial charge in [-0.25, -0.2) is 8.42 Å². The molecule has 0 atom stereocenters. The molecule has 2 aromatic rings. The normalized spacial score (nSPS) is 11.5. The molecule has 0 fully saturated rings. The van der Waals surface area contributed by atoms with E-state index in [-0.39, 0.29) is 0 Å². The lowest BCUT2D eigenvalue weighted by molar-refractivity contribution is 0.580. The lowest BCUT2D eigenvalue weighted by Crippen LogP contribution is -2.05. The van der Waals surface area contributed by atoms with Crippen LogP contribution in [0.15, 0.2) is 71.5 Å². The smallest absolute Gasteiger partial charge is 0.206 e. The molecule has 0 unspecified atom stereocenters. The van der Waals surface area contributed by atoms with Crippen molar-refractivity contribution in [2.75, 3.05) is 0 Å². The average molecular weight is 551 g/mol. The molecule has 39 heavy (non-hydrogen) atoms. The number of allylic oxidation sites excluding steroid dienone is 2. The minimum absolute atomic E-state index is 0.427. The molecule has 0 radical (unpaired) electrons. The van der Waals surface area contributed by atoms with E-state index in [1.165, 1.54) is 99.3 Å². The Morgan fingerprint density at radius 3 is 1.23 bits per heavy atom. The zero-order valence-corrected chi connectivity index (χ0v) is 25.8. The van der Waals surface area contributed by atoms with Crippen molar-refractivity contribution in [3.63, 3.8) is 0 Å². The zero-order chi connectivity index (χ0) is 28.3. The fourth-order valence-electron chi connectivity index (χ4n) is 5.28. The van der Waals surface area contributed by atoms with Gasteiger partial charge < -0.3 is 0 Å². The molecule has 2 aromatic carbocycles. The maximum Gasteiger partial charge on any atom is 0.206 e. The summed E-state index contributed by atoms with van der Waals surface area (Å²) in [4.78, 5) is 0.855. The highest BCUT2D eigenvalue weighted by atomic mass is 32.2. The second kappa shape index (κ2) is 19.0. The van der Waals surface area contributed by atoms with Gasteiger partial charge >= 0.3 is 0 Å². The maximum absolute atomic E-state index is 13.6. The van der Waals surface area contributed by atoms with Gasteiger partial charge in [-0.05, 0) is 112 Å². The molecule has 0 amide bonds. The third-order valence-electron chi connectivity index (χ3n) is 7.97. The van der Waals surface area contributed by atoms with Gasteiger partial charge in [0.25, 0.3) is 0 Å². The summed E-state index contributed by atoms with van der Waals surface area (Å²) in [5, 5.41) is 0. The topological polar surface area (TPSA) is 34.1 Å². The van der Waals surface area contributed by atoms with Crippen molar-refractivity contribution in [3.05, 3.63) is 84.0 Å². The monoisotopic (exact) mass is 550 g/mol. The Labute approximate surface area is 240 Å². The Morgan fingerprint density at radius 2 is 0.872 bits per heavy atom. The number of hydrogen-bond donors (Lipinski definition) is 0. The van der Waals surface area contributed by atoms with E-state index in [0.717, 1.165) is 38.5 Å². The van der Waals surface area contributed by atoms with Crippen LogP contribution in [0.3, 0.4) is 0 Å². The van der Waals surface area contributed by atoms with Gasteiger partial charge in [0.15, 0.2) is 0 Å². The largest absolute Gasteiger partial charge is 0.219 e. The third kappa shape index (κ3) is 12.3. The molecule has 0 aliphatic carbocycles. The SMILES string of the molecule is C=CCCCCCCCCCc1cc(S(=O)(=O)c2ccc(C)c(CCCCCCCCCC=C)c2)ccc1C. The van der Waals surface area contributed by atoms with Gasteiger partial charge in [0.05, 0.1) is 9.79 Å². The summed E-state index contributed by atoms with van der Waals surface area (Å²) in [5.41, 5.74) is 4.70. The first-order valence-electron chi connectivity index (χ1n) is 15.6. The zero-order valence-electron chi connectivity index (χ0n) is 25.0. The second-order valence-electron chi connectivity index (χ2n) is 11.3. The first-order valence-corrected chi connectivity index (χ1v) is 17.0. The summed E-state index contributed by atoms with van der Waals surface area (Å²) < 4.78 is 27.2. The lowest BCUT2D eigenvalue weighted by Gasteiger charge is -2.12. The average Bonchev–Trinajstić information content (AvgIpc) is 2.92. The predicted octanol–water partition coefficient (Wildman–Crippen LogP) is 10.8. The highest BCUT2D eigenvalue weighted by Crippen LogP contribution is 2.27. The number of hydrogen-bond acceptors (Lipinski definition) is 2. The lowest BCUT2D eigenvalue weighted by atomic mass is 10.0. The number of sulfone groups is 1.